The number of rotatable bonds is 3. The van der Waals surface area contributed by atoms with Crippen LogP contribution in [0.2, 0.25) is 0 Å². The Morgan fingerprint density at radius 1 is 1.41 bits per heavy atom. The molecular weight excluding hydrogens is 214 g/mol. The number of aliphatic carboxylic acids is 1. The Hall–Kier alpha value is -1.35. The Morgan fingerprint density at radius 3 is 2.94 bits per heavy atom. The van der Waals surface area contributed by atoms with Crippen LogP contribution in [0.1, 0.15) is 36.4 Å². The second kappa shape index (κ2) is 5.32. The van der Waals surface area contributed by atoms with Crippen molar-refractivity contribution in [2.45, 2.75) is 31.7 Å². The van der Waals surface area contributed by atoms with Crippen molar-refractivity contribution >= 4 is 5.97 Å². The number of hydrogen-bond donors (Lipinski definition) is 1. The molecule has 0 saturated carbocycles. The highest BCUT2D eigenvalue weighted by Gasteiger charge is 2.23. The van der Waals surface area contributed by atoms with Crippen molar-refractivity contribution in [3.63, 3.8) is 0 Å². The van der Waals surface area contributed by atoms with Gasteiger partial charge in [0.25, 0.3) is 0 Å². The van der Waals surface area contributed by atoms with Gasteiger partial charge in [0.1, 0.15) is 0 Å². The molecule has 0 spiro atoms. The summed E-state index contributed by atoms with van der Waals surface area (Å²) >= 11 is 0. The minimum atomic E-state index is -0.755. The van der Waals surface area contributed by atoms with Crippen molar-refractivity contribution in [2.75, 3.05) is 13.6 Å². The maximum absolute atomic E-state index is 10.8. The van der Waals surface area contributed by atoms with Crippen LogP contribution >= 0.6 is 0 Å². The van der Waals surface area contributed by atoms with Crippen LogP contribution in [0.5, 0.6) is 0 Å². The van der Waals surface area contributed by atoms with Gasteiger partial charge in [-0.05, 0) is 37.4 Å². The Bertz CT molecular complexity index is 403. The normalized spacial score (nSPS) is 19.8. The first-order chi connectivity index (χ1) is 8.18. The first-order valence-electron chi connectivity index (χ1n) is 6.18. The second-order valence-corrected chi connectivity index (χ2v) is 4.77. The minimum Gasteiger partial charge on any atom is -0.480 e. The molecule has 1 N–H and O–H groups in total. The zero-order valence-corrected chi connectivity index (χ0v) is 10.2. The fraction of sp³-hybridized carbons (Fsp3) is 0.500. The maximum Gasteiger partial charge on any atom is 0.317 e. The number of carboxylic acid groups (broad SMARTS) is 1. The summed E-state index contributed by atoms with van der Waals surface area (Å²) in [4.78, 5) is 12.8. The van der Waals surface area contributed by atoms with Gasteiger partial charge in [-0.25, -0.2) is 0 Å². The molecule has 1 aromatic carbocycles. The van der Waals surface area contributed by atoms with Crippen molar-refractivity contribution < 1.29 is 9.90 Å². The van der Waals surface area contributed by atoms with Gasteiger partial charge in [-0.1, -0.05) is 30.7 Å². The molecule has 1 aliphatic rings. The van der Waals surface area contributed by atoms with Gasteiger partial charge in [0.05, 0.1) is 6.54 Å². The monoisotopic (exact) mass is 233 g/mol. The summed E-state index contributed by atoms with van der Waals surface area (Å²) in [6, 6.07) is 8.68. The Kier molecular flexibility index (Phi) is 3.79. The molecule has 0 aromatic heterocycles. The highest BCUT2D eigenvalue weighted by atomic mass is 16.4. The predicted molar refractivity (Wildman–Crippen MR) is 67.0 cm³/mol. The average molecular weight is 233 g/mol. The van der Waals surface area contributed by atoms with Crippen molar-refractivity contribution in [2.24, 2.45) is 0 Å². The number of carbonyl (C=O) groups is 1. The van der Waals surface area contributed by atoms with Gasteiger partial charge in [-0.3, -0.25) is 9.69 Å². The molecule has 3 heteroatoms. The lowest BCUT2D eigenvalue weighted by Crippen LogP contribution is -2.30. The van der Waals surface area contributed by atoms with Crippen LogP contribution in [0.4, 0.5) is 0 Å². The van der Waals surface area contributed by atoms with Crippen LogP contribution in [-0.4, -0.2) is 29.6 Å². The smallest absolute Gasteiger partial charge is 0.317 e. The SMILES string of the molecule is CN(CC(=O)O)C1CCCCc2ccccc21. The quantitative estimate of drug-likeness (QED) is 0.815. The Morgan fingerprint density at radius 2 is 2.18 bits per heavy atom. The molecule has 92 valence electrons. The van der Waals surface area contributed by atoms with Gasteiger partial charge in [0, 0.05) is 6.04 Å². The number of carboxylic acids is 1. The third kappa shape index (κ3) is 2.86. The van der Waals surface area contributed by atoms with Gasteiger partial charge in [-0.2, -0.15) is 0 Å². The van der Waals surface area contributed by atoms with E-state index in [2.05, 4.69) is 18.2 Å². The number of hydrogen-bond acceptors (Lipinski definition) is 2. The number of fused-ring (bicyclic) bond motifs is 1. The number of nitrogens with zero attached hydrogens (tertiary/aromatic N) is 1. The van der Waals surface area contributed by atoms with E-state index < -0.39 is 5.97 Å². The average Bonchev–Trinajstić information content (AvgIpc) is 2.50. The lowest BCUT2D eigenvalue weighted by atomic mass is 9.98. The van der Waals surface area contributed by atoms with E-state index >= 15 is 0 Å². The fourth-order valence-corrected chi connectivity index (χ4v) is 2.68. The molecule has 0 saturated heterocycles. The van der Waals surface area contributed by atoms with Crippen LogP contribution in [0.15, 0.2) is 24.3 Å². The molecule has 0 heterocycles. The van der Waals surface area contributed by atoms with Crippen molar-refractivity contribution in [1.82, 2.24) is 4.90 Å². The van der Waals surface area contributed by atoms with E-state index in [-0.39, 0.29) is 12.6 Å². The molecule has 0 fully saturated rings. The summed E-state index contributed by atoms with van der Waals surface area (Å²) in [6.07, 6.45) is 4.55. The van der Waals surface area contributed by atoms with Gasteiger partial charge in [0.2, 0.25) is 0 Å². The van der Waals surface area contributed by atoms with Crippen LogP contribution in [0.25, 0.3) is 0 Å². The predicted octanol–water partition coefficient (Wildman–Crippen LogP) is 2.47. The molecule has 2 rings (SSSR count). The van der Waals surface area contributed by atoms with Crippen LogP contribution in [-0.2, 0) is 11.2 Å². The summed E-state index contributed by atoms with van der Waals surface area (Å²) in [5.74, 6) is -0.755. The molecule has 1 aromatic rings. The third-order valence-electron chi connectivity index (χ3n) is 3.50. The second-order valence-electron chi connectivity index (χ2n) is 4.77. The lowest BCUT2D eigenvalue weighted by Gasteiger charge is -2.27. The van der Waals surface area contributed by atoms with Crippen molar-refractivity contribution in [3.05, 3.63) is 35.4 Å². The number of likely N-dealkylation sites (N-methyl/N-ethyl adjacent to an activating group) is 1. The van der Waals surface area contributed by atoms with E-state index in [9.17, 15) is 4.79 Å². The summed E-state index contributed by atoms with van der Waals surface area (Å²) in [7, 11) is 1.90. The van der Waals surface area contributed by atoms with Crippen molar-refractivity contribution in [1.29, 1.82) is 0 Å². The van der Waals surface area contributed by atoms with E-state index in [0.717, 1.165) is 12.8 Å². The largest absolute Gasteiger partial charge is 0.480 e. The van der Waals surface area contributed by atoms with E-state index in [4.69, 9.17) is 5.11 Å². The Balaban J connectivity index is 2.25. The van der Waals surface area contributed by atoms with Crippen LogP contribution in [0.3, 0.4) is 0 Å². The molecule has 0 radical (unpaired) electrons. The molecule has 1 atom stereocenters. The highest BCUT2D eigenvalue weighted by Crippen LogP contribution is 2.32. The highest BCUT2D eigenvalue weighted by molar-refractivity contribution is 5.69. The van der Waals surface area contributed by atoms with Gasteiger partial charge >= 0.3 is 5.97 Å². The van der Waals surface area contributed by atoms with Crippen LogP contribution in [0, 0.1) is 0 Å². The molecule has 1 unspecified atom stereocenters. The maximum atomic E-state index is 10.8. The summed E-state index contributed by atoms with van der Waals surface area (Å²) in [6.45, 7) is 0.110. The molecule has 0 aliphatic heterocycles. The number of benzene rings is 1. The zero-order chi connectivity index (χ0) is 12.3. The zero-order valence-electron chi connectivity index (χ0n) is 10.2. The molecular formula is C14H19NO2. The molecule has 3 nitrogen and oxygen atoms in total. The van der Waals surface area contributed by atoms with Gasteiger partial charge < -0.3 is 5.11 Å². The molecule has 1 aliphatic carbocycles. The fourth-order valence-electron chi connectivity index (χ4n) is 2.68. The standard InChI is InChI=1S/C14H19NO2/c1-15(10-14(16)17)13-9-5-3-7-11-6-2-4-8-12(11)13/h2,4,6,8,13H,3,5,7,9-10H2,1H3,(H,16,17). The van der Waals surface area contributed by atoms with Gasteiger partial charge in [-0.15, -0.1) is 0 Å². The van der Waals surface area contributed by atoms with Crippen LogP contribution < -0.4 is 0 Å². The van der Waals surface area contributed by atoms with Crippen molar-refractivity contribution in [3.8, 4) is 0 Å². The topological polar surface area (TPSA) is 40.5 Å². The van der Waals surface area contributed by atoms with E-state index in [1.54, 1.807) is 0 Å². The van der Waals surface area contributed by atoms with E-state index in [1.165, 1.54) is 24.0 Å². The Labute approximate surface area is 102 Å². The van der Waals surface area contributed by atoms with E-state index in [0.29, 0.717) is 0 Å². The first kappa shape index (κ1) is 12.1. The summed E-state index contributed by atoms with van der Waals surface area (Å²) in [5, 5.41) is 8.89. The number of aryl methyl sites for hydroxylation is 1. The van der Waals surface area contributed by atoms with Gasteiger partial charge in [0.15, 0.2) is 0 Å². The molecule has 0 amide bonds. The third-order valence-corrected chi connectivity index (χ3v) is 3.50. The minimum absolute atomic E-state index is 0.110. The molecule has 17 heavy (non-hydrogen) atoms. The summed E-state index contributed by atoms with van der Waals surface area (Å²) < 4.78 is 0. The summed E-state index contributed by atoms with van der Waals surface area (Å²) in [5.41, 5.74) is 2.70. The first-order valence-corrected chi connectivity index (χ1v) is 6.18. The lowest BCUT2D eigenvalue weighted by molar-refractivity contribution is -0.138. The molecule has 0 bridgehead atoms. The van der Waals surface area contributed by atoms with E-state index in [1.807, 2.05) is 18.0 Å².